The molecule has 0 aliphatic rings. The summed E-state index contributed by atoms with van der Waals surface area (Å²) in [6.45, 7) is 23.6. The van der Waals surface area contributed by atoms with Crippen LogP contribution in [-0.4, -0.2) is 22.2 Å². The summed E-state index contributed by atoms with van der Waals surface area (Å²) in [7, 11) is 0. The van der Waals surface area contributed by atoms with Crippen molar-refractivity contribution < 1.29 is 21.1 Å². The summed E-state index contributed by atoms with van der Waals surface area (Å²) >= 11 is 0. The van der Waals surface area contributed by atoms with Gasteiger partial charge in [-0.05, 0) is 83.1 Å². The van der Waals surface area contributed by atoms with Gasteiger partial charge in [0.15, 0.2) is 0 Å². The van der Waals surface area contributed by atoms with E-state index in [1.165, 1.54) is 0 Å². The minimum Gasteiger partial charge on any atom is -0.326 e. The van der Waals surface area contributed by atoms with Crippen molar-refractivity contribution in [2.24, 2.45) is 22.9 Å². The molecule has 0 saturated carbocycles. The van der Waals surface area contributed by atoms with Crippen LogP contribution in [0.5, 0.6) is 0 Å². The zero-order valence-corrected chi connectivity index (χ0v) is 19.7. The van der Waals surface area contributed by atoms with Crippen molar-refractivity contribution in [3.05, 3.63) is 0 Å². The monoisotopic (exact) mass is 476 g/mol. The topological polar surface area (TPSA) is 104 Å². The normalized spacial score (nSPS) is 11.4. The molecule has 0 amide bonds. The van der Waals surface area contributed by atoms with Crippen LogP contribution >= 0.6 is 0 Å². The predicted molar refractivity (Wildman–Crippen MR) is 95.8 cm³/mol. The Balaban J connectivity index is -0.0000000533. The molecular weight excluding hydrogens is 432 g/mol. The van der Waals surface area contributed by atoms with Crippen LogP contribution in [0.1, 0.15) is 83.1 Å². The molecule has 0 aromatic heterocycles. The Morgan fingerprint density at radius 3 is 0.333 bits per heavy atom. The molecule has 0 fully saturated rings. The molecular formula is C16H44N4W. The number of hydrogen-bond acceptors (Lipinski definition) is 4. The fraction of sp³-hybridized carbons (Fsp3) is 1.00. The molecule has 0 aliphatic heterocycles. The molecule has 0 aliphatic carbocycles. The van der Waals surface area contributed by atoms with Gasteiger partial charge in [0.05, 0.1) is 0 Å². The zero-order valence-electron chi connectivity index (χ0n) is 16.7. The van der Waals surface area contributed by atoms with Crippen LogP contribution in [0, 0.1) is 0 Å². The van der Waals surface area contributed by atoms with Crippen molar-refractivity contribution in [2.45, 2.75) is 105 Å². The molecule has 0 saturated heterocycles. The molecule has 0 aromatic rings. The molecule has 21 heavy (non-hydrogen) atoms. The maximum atomic E-state index is 5.35. The van der Waals surface area contributed by atoms with E-state index in [9.17, 15) is 0 Å². The van der Waals surface area contributed by atoms with E-state index in [2.05, 4.69) is 0 Å². The minimum absolute atomic E-state index is 0. The molecule has 0 radical (unpaired) electrons. The first-order valence-corrected chi connectivity index (χ1v) is 7.15. The second-order valence-electron chi connectivity index (χ2n) is 9.46. The van der Waals surface area contributed by atoms with Gasteiger partial charge in [-0.3, -0.25) is 0 Å². The Labute approximate surface area is 149 Å². The smallest absolute Gasteiger partial charge is 0.00686 e. The Bertz CT molecular complexity index is 130. The van der Waals surface area contributed by atoms with Crippen LogP contribution in [0.4, 0.5) is 0 Å². The third-order valence-corrected chi connectivity index (χ3v) is 0. The third-order valence-electron chi connectivity index (χ3n) is 0. The first kappa shape index (κ1) is 33.2. The summed E-state index contributed by atoms with van der Waals surface area (Å²) < 4.78 is 0. The van der Waals surface area contributed by atoms with Crippen molar-refractivity contribution in [1.82, 2.24) is 0 Å². The van der Waals surface area contributed by atoms with E-state index < -0.39 is 0 Å². The van der Waals surface area contributed by atoms with Gasteiger partial charge in [0.2, 0.25) is 0 Å². The number of hydrogen-bond donors (Lipinski definition) is 4. The third kappa shape index (κ3) is 25200. The molecule has 8 N–H and O–H groups in total. The summed E-state index contributed by atoms with van der Waals surface area (Å²) in [5.41, 5.74) is 21.4. The fourth-order valence-corrected chi connectivity index (χ4v) is 0. The van der Waals surface area contributed by atoms with Crippen LogP contribution in [0.15, 0.2) is 0 Å². The Hall–Kier alpha value is 0.528. The van der Waals surface area contributed by atoms with Gasteiger partial charge in [0.25, 0.3) is 0 Å². The van der Waals surface area contributed by atoms with E-state index in [1.54, 1.807) is 0 Å². The predicted octanol–water partition coefficient (Wildman–Crippen LogP) is 2.97. The van der Waals surface area contributed by atoms with Gasteiger partial charge in [-0.15, -0.1) is 0 Å². The maximum absolute atomic E-state index is 5.35. The fourth-order valence-electron chi connectivity index (χ4n) is 0. The summed E-state index contributed by atoms with van der Waals surface area (Å²) in [4.78, 5) is 0. The molecule has 0 aromatic carbocycles. The van der Waals surface area contributed by atoms with Crippen molar-refractivity contribution in [1.29, 1.82) is 0 Å². The summed E-state index contributed by atoms with van der Waals surface area (Å²) in [6.07, 6.45) is 0. The summed E-state index contributed by atoms with van der Waals surface area (Å²) in [6, 6.07) is 0. The van der Waals surface area contributed by atoms with Crippen LogP contribution in [0.2, 0.25) is 0 Å². The Kier molecular flexibility index (Phi) is 20.6. The molecule has 0 heterocycles. The van der Waals surface area contributed by atoms with Gasteiger partial charge in [-0.1, -0.05) is 0 Å². The van der Waals surface area contributed by atoms with Crippen LogP contribution in [-0.2, 0) is 21.1 Å². The first-order chi connectivity index (χ1) is 8.00. The van der Waals surface area contributed by atoms with Gasteiger partial charge >= 0.3 is 0 Å². The van der Waals surface area contributed by atoms with E-state index in [0.717, 1.165) is 0 Å². The van der Waals surface area contributed by atoms with E-state index in [1.807, 2.05) is 83.1 Å². The number of rotatable bonds is 0. The van der Waals surface area contributed by atoms with Gasteiger partial charge < -0.3 is 22.9 Å². The Morgan fingerprint density at radius 1 is 0.333 bits per heavy atom. The molecule has 0 spiro atoms. The average Bonchev–Trinajstić information content (AvgIpc) is 1.62. The minimum atomic E-state index is 0. The van der Waals surface area contributed by atoms with E-state index in [-0.39, 0.29) is 43.2 Å². The van der Waals surface area contributed by atoms with E-state index in [0.29, 0.717) is 0 Å². The van der Waals surface area contributed by atoms with Crippen LogP contribution < -0.4 is 22.9 Å². The standard InChI is InChI=1S/4C4H11N.W/c4*1-4(2,3)5;/h4*5H2,1-3H3;. The zero-order chi connectivity index (χ0) is 18.0. The van der Waals surface area contributed by atoms with Gasteiger partial charge in [0.1, 0.15) is 0 Å². The van der Waals surface area contributed by atoms with Crippen molar-refractivity contribution in [2.75, 3.05) is 0 Å². The molecule has 0 atom stereocenters. The van der Waals surface area contributed by atoms with Crippen LogP contribution in [0.3, 0.4) is 0 Å². The van der Waals surface area contributed by atoms with Crippen molar-refractivity contribution in [3.8, 4) is 0 Å². The molecule has 0 unspecified atom stereocenters. The maximum Gasteiger partial charge on any atom is 0.00686 e. The van der Waals surface area contributed by atoms with E-state index in [4.69, 9.17) is 22.9 Å². The van der Waals surface area contributed by atoms with Gasteiger partial charge in [-0.25, -0.2) is 0 Å². The number of nitrogens with two attached hydrogens (primary N) is 4. The molecule has 0 rings (SSSR count). The molecule has 5 heteroatoms. The van der Waals surface area contributed by atoms with Crippen molar-refractivity contribution >= 4 is 0 Å². The Morgan fingerprint density at radius 2 is 0.333 bits per heavy atom. The SMILES string of the molecule is CC(C)(C)N.CC(C)(C)N.CC(C)(C)N.CC(C)(C)N.[W]. The largest absolute Gasteiger partial charge is 0.326 e. The first-order valence-electron chi connectivity index (χ1n) is 7.15. The molecule has 0 bridgehead atoms. The van der Waals surface area contributed by atoms with E-state index >= 15 is 0 Å². The average molecular weight is 476 g/mol. The summed E-state index contributed by atoms with van der Waals surface area (Å²) in [5, 5.41) is 0. The second kappa shape index (κ2) is 13.0. The summed E-state index contributed by atoms with van der Waals surface area (Å²) in [5.74, 6) is 0. The molecule has 4 nitrogen and oxygen atoms in total. The van der Waals surface area contributed by atoms with Crippen LogP contribution in [0.25, 0.3) is 0 Å². The second-order valence-corrected chi connectivity index (χ2v) is 9.46. The van der Waals surface area contributed by atoms with Gasteiger partial charge in [-0.2, -0.15) is 0 Å². The van der Waals surface area contributed by atoms with Gasteiger partial charge in [0, 0.05) is 43.2 Å². The molecule has 134 valence electrons. The van der Waals surface area contributed by atoms with Crippen molar-refractivity contribution in [3.63, 3.8) is 0 Å². The quantitative estimate of drug-likeness (QED) is 0.432.